The molecule has 0 unspecified atom stereocenters. The quantitative estimate of drug-likeness (QED) is 0.661. The molecular weight excluding hydrogens is 348 g/mol. The van der Waals surface area contributed by atoms with Crippen LogP contribution in [-0.2, 0) is 16.2 Å². The highest BCUT2D eigenvalue weighted by molar-refractivity contribution is 5.94. The van der Waals surface area contributed by atoms with Crippen molar-refractivity contribution in [3.63, 3.8) is 0 Å². The summed E-state index contributed by atoms with van der Waals surface area (Å²) in [6, 6.07) is 14.2. The molecule has 7 heteroatoms. The molecule has 27 heavy (non-hydrogen) atoms. The van der Waals surface area contributed by atoms with Crippen LogP contribution in [0.15, 0.2) is 48.5 Å². The van der Waals surface area contributed by atoms with E-state index in [0.717, 1.165) is 5.56 Å². The van der Waals surface area contributed by atoms with Gasteiger partial charge < -0.3 is 14.8 Å². The molecule has 0 spiro atoms. The molecule has 0 bridgehead atoms. The maximum absolute atomic E-state index is 12.2. The van der Waals surface area contributed by atoms with Crippen LogP contribution in [0.1, 0.15) is 29.8 Å². The van der Waals surface area contributed by atoms with Gasteiger partial charge in [-0.25, -0.2) is 5.48 Å². The van der Waals surface area contributed by atoms with Crippen LogP contribution in [0.25, 0.3) is 0 Å². The number of hydroxylamine groups is 1. The average Bonchev–Trinajstić information content (AvgIpc) is 2.66. The van der Waals surface area contributed by atoms with Gasteiger partial charge in [0.1, 0.15) is 0 Å². The van der Waals surface area contributed by atoms with E-state index in [1.807, 2.05) is 44.2 Å². The Labute approximate surface area is 158 Å². The predicted octanol–water partition coefficient (Wildman–Crippen LogP) is 2.46. The van der Waals surface area contributed by atoms with Gasteiger partial charge >= 0.3 is 0 Å². The van der Waals surface area contributed by atoms with E-state index in [-0.39, 0.29) is 25.2 Å². The van der Waals surface area contributed by atoms with Crippen molar-refractivity contribution >= 4 is 11.8 Å². The smallest absolute Gasteiger partial charge is 0.274 e. The largest absolute Gasteiger partial charge is 0.493 e. The lowest BCUT2D eigenvalue weighted by Crippen LogP contribution is -2.34. The molecule has 2 aromatic rings. The third-order valence-electron chi connectivity index (χ3n) is 3.48. The van der Waals surface area contributed by atoms with Gasteiger partial charge in [0, 0.05) is 11.6 Å². The number of ether oxygens (including phenoxy) is 2. The molecule has 0 heterocycles. The summed E-state index contributed by atoms with van der Waals surface area (Å²) in [6.45, 7) is 3.85. The van der Waals surface area contributed by atoms with E-state index in [9.17, 15) is 9.59 Å². The van der Waals surface area contributed by atoms with E-state index in [2.05, 4.69) is 10.8 Å². The maximum atomic E-state index is 12.2. The second-order valence-corrected chi connectivity index (χ2v) is 6.08. The molecule has 2 amide bonds. The second kappa shape index (κ2) is 10.2. The van der Waals surface area contributed by atoms with Crippen LogP contribution in [0.3, 0.4) is 0 Å². The first-order chi connectivity index (χ1) is 13.0. The molecule has 0 aromatic heterocycles. The SMILES string of the molecule is COc1cc(C(=O)NOCc2ccccc2)ccc1OCC(=O)NC(C)C. The maximum Gasteiger partial charge on any atom is 0.274 e. The molecule has 144 valence electrons. The molecule has 2 rings (SSSR count). The first kappa shape index (κ1) is 20.3. The van der Waals surface area contributed by atoms with Crippen molar-refractivity contribution in [1.82, 2.24) is 10.8 Å². The zero-order valence-electron chi connectivity index (χ0n) is 15.7. The first-order valence-electron chi connectivity index (χ1n) is 8.56. The van der Waals surface area contributed by atoms with E-state index < -0.39 is 5.91 Å². The summed E-state index contributed by atoms with van der Waals surface area (Å²) in [4.78, 5) is 29.1. The van der Waals surface area contributed by atoms with Gasteiger partial charge in [0.25, 0.3) is 11.8 Å². The molecular formula is C20H24N2O5. The van der Waals surface area contributed by atoms with Crippen molar-refractivity contribution in [3.05, 3.63) is 59.7 Å². The lowest BCUT2D eigenvalue weighted by atomic mass is 10.2. The van der Waals surface area contributed by atoms with Crippen molar-refractivity contribution in [2.45, 2.75) is 26.5 Å². The minimum absolute atomic E-state index is 0.0324. The fourth-order valence-corrected chi connectivity index (χ4v) is 2.25. The number of rotatable bonds is 9. The fraction of sp³-hybridized carbons (Fsp3) is 0.300. The van der Waals surface area contributed by atoms with Crippen LogP contribution in [0.2, 0.25) is 0 Å². The van der Waals surface area contributed by atoms with Crippen molar-refractivity contribution < 1.29 is 23.9 Å². The summed E-state index contributed by atoms with van der Waals surface area (Å²) in [5, 5.41) is 2.73. The lowest BCUT2D eigenvalue weighted by molar-refractivity contribution is -0.123. The average molecular weight is 372 g/mol. The second-order valence-electron chi connectivity index (χ2n) is 6.08. The summed E-state index contributed by atoms with van der Waals surface area (Å²) in [6.07, 6.45) is 0. The van der Waals surface area contributed by atoms with E-state index in [1.54, 1.807) is 12.1 Å². The van der Waals surface area contributed by atoms with Crippen LogP contribution in [-0.4, -0.2) is 31.6 Å². The molecule has 0 radical (unpaired) electrons. The van der Waals surface area contributed by atoms with E-state index in [1.165, 1.54) is 13.2 Å². The Balaban J connectivity index is 1.91. The highest BCUT2D eigenvalue weighted by Gasteiger charge is 2.13. The number of methoxy groups -OCH3 is 1. The van der Waals surface area contributed by atoms with Crippen LogP contribution >= 0.6 is 0 Å². The third-order valence-corrected chi connectivity index (χ3v) is 3.48. The Morgan fingerprint density at radius 3 is 2.44 bits per heavy atom. The normalized spacial score (nSPS) is 10.4. The molecule has 0 aliphatic carbocycles. The van der Waals surface area contributed by atoms with Gasteiger partial charge in [0.2, 0.25) is 0 Å². The Kier molecular flexibility index (Phi) is 7.63. The number of nitrogens with one attached hydrogen (secondary N) is 2. The first-order valence-corrected chi connectivity index (χ1v) is 8.56. The molecule has 0 atom stereocenters. The molecule has 0 aliphatic heterocycles. The number of hydrogen-bond donors (Lipinski definition) is 2. The van der Waals surface area contributed by atoms with Gasteiger partial charge in [-0.05, 0) is 37.6 Å². The van der Waals surface area contributed by atoms with Crippen molar-refractivity contribution in [2.24, 2.45) is 0 Å². The molecule has 0 fully saturated rings. The lowest BCUT2D eigenvalue weighted by Gasteiger charge is -2.13. The topological polar surface area (TPSA) is 85.9 Å². The molecule has 2 aromatic carbocycles. The van der Waals surface area contributed by atoms with Gasteiger partial charge in [-0.3, -0.25) is 14.4 Å². The standard InChI is InChI=1S/C20H24N2O5/c1-14(2)21-19(23)13-26-17-10-9-16(11-18(17)25-3)20(24)22-27-12-15-7-5-4-6-8-15/h4-11,14H,12-13H2,1-3H3,(H,21,23)(H,22,24). The monoisotopic (exact) mass is 372 g/mol. The van der Waals surface area contributed by atoms with Gasteiger partial charge in [0.05, 0.1) is 13.7 Å². The number of benzene rings is 2. The van der Waals surface area contributed by atoms with Crippen LogP contribution < -0.4 is 20.3 Å². The molecule has 0 saturated carbocycles. The van der Waals surface area contributed by atoms with Crippen molar-refractivity contribution in [1.29, 1.82) is 0 Å². The van der Waals surface area contributed by atoms with Crippen molar-refractivity contribution in [2.75, 3.05) is 13.7 Å². The zero-order chi connectivity index (χ0) is 19.6. The summed E-state index contributed by atoms with van der Waals surface area (Å²) >= 11 is 0. The molecule has 0 saturated heterocycles. The van der Waals surface area contributed by atoms with E-state index in [4.69, 9.17) is 14.3 Å². The third kappa shape index (κ3) is 6.63. The Morgan fingerprint density at radius 2 is 1.78 bits per heavy atom. The summed E-state index contributed by atoms with van der Waals surface area (Å²) in [7, 11) is 1.46. The summed E-state index contributed by atoms with van der Waals surface area (Å²) in [5.74, 6) is 0.0812. The minimum atomic E-state index is -0.409. The van der Waals surface area contributed by atoms with Crippen LogP contribution in [0.4, 0.5) is 0 Å². The highest BCUT2D eigenvalue weighted by atomic mass is 16.6. The Bertz CT molecular complexity index is 762. The van der Waals surface area contributed by atoms with E-state index >= 15 is 0 Å². The number of amides is 2. The van der Waals surface area contributed by atoms with Crippen molar-refractivity contribution in [3.8, 4) is 11.5 Å². The van der Waals surface area contributed by atoms with Gasteiger partial charge in [-0.2, -0.15) is 0 Å². The summed E-state index contributed by atoms with van der Waals surface area (Å²) < 4.78 is 10.7. The van der Waals surface area contributed by atoms with Gasteiger partial charge in [-0.1, -0.05) is 30.3 Å². The number of carbonyl (C=O) groups excluding carboxylic acids is 2. The Morgan fingerprint density at radius 1 is 1.04 bits per heavy atom. The van der Waals surface area contributed by atoms with Gasteiger partial charge in [-0.15, -0.1) is 0 Å². The van der Waals surface area contributed by atoms with Gasteiger partial charge in [0.15, 0.2) is 18.1 Å². The molecule has 2 N–H and O–H groups in total. The predicted molar refractivity (Wildman–Crippen MR) is 100 cm³/mol. The van der Waals surface area contributed by atoms with E-state index in [0.29, 0.717) is 17.1 Å². The molecule has 7 nitrogen and oxygen atoms in total. The highest BCUT2D eigenvalue weighted by Crippen LogP contribution is 2.28. The minimum Gasteiger partial charge on any atom is -0.493 e. The number of carbonyl (C=O) groups is 2. The van der Waals surface area contributed by atoms with Crippen LogP contribution in [0, 0.1) is 0 Å². The van der Waals surface area contributed by atoms with Crippen LogP contribution in [0.5, 0.6) is 11.5 Å². The fourth-order valence-electron chi connectivity index (χ4n) is 2.25. The summed E-state index contributed by atoms with van der Waals surface area (Å²) in [5.41, 5.74) is 3.68. The number of hydrogen-bond acceptors (Lipinski definition) is 5. The Hall–Kier alpha value is -3.06. The molecule has 0 aliphatic rings. The zero-order valence-corrected chi connectivity index (χ0v) is 15.7.